The molecule has 0 aliphatic rings. The maximum atomic E-state index is 11.8. The fourth-order valence-corrected chi connectivity index (χ4v) is 2.42. The number of hydrogen-bond donors (Lipinski definition) is 3. The molecular weight excluding hydrogens is 268 g/mol. The number of nitrogens with one attached hydrogen (secondary N) is 1. The number of hydrogen-bond acceptors (Lipinski definition) is 3. The molecule has 0 saturated carbocycles. The average Bonchev–Trinajstić information content (AvgIpc) is 2.38. The van der Waals surface area contributed by atoms with Crippen LogP contribution in [0.15, 0.2) is 0 Å². The van der Waals surface area contributed by atoms with Crippen LogP contribution in [-0.4, -0.2) is 30.1 Å². The van der Waals surface area contributed by atoms with Crippen molar-refractivity contribution >= 4 is 11.9 Å². The number of rotatable bonds is 10. The van der Waals surface area contributed by atoms with Gasteiger partial charge in [0.15, 0.2) is 0 Å². The molecule has 0 bridgehead atoms. The third-order valence-electron chi connectivity index (χ3n) is 4.13. The van der Waals surface area contributed by atoms with E-state index in [1.165, 1.54) is 0 Å². The Kier molecular flexibility index (Phi) is 9.26. The molecule has 5 nitrogen and oxygen atoms in total. The summed E-state index contributed by atoms with van der Waals surface area (Å²) in [5.41, 5.74) is 5.64. The van der Waals surface area contributed by atoms with Crippen LogP contribution in [0.25, 0.3) is 0 Å². The molecule has 124 valence electrons. The maximum Gasteiger partial charge on any atom is 0.303 e. The molecule has 4 N–H and O–H groups in total. The highest BCUT2D eigenvalue weighted by atomic mass is 16.4. The number of nitrogens with two attached hydrogens (primary N) is 1. The van der Waals surface area contributed by atoms with E-state index >= 15 is 0 Å². The van der Waals surface area contributed by atoms with Crippen molar-refractivity contribution in [2.45, 2.75) is 59.8 Å². The summed E-state index contributed by atoms with van der Waals surface area (Å²) in [5.74, 6) is -0.194. The second-order valence-electron chi connectivity index (χ2n) is 6.85. The molecule has 0 rings (SSSR count). The highest BCUT2D eigenvalue weighted by Gasteiger charge is 2.25. The minimum atomic E-state index is -0.762. The molecule has 0 aromatic carbocycles. The van der Waals surface area contributed by atoms with Crippen LogP contribution in [-0.2, 0) is 9.59 Å². The van der Waals surface area contributed by atoms with Crippen LogP contribution in [0, 0.1) is 17.3 Å². The van der Waals surface area contributed by atoms with Gasteiger partial charge in [-0.25, -0.2) is 0 Å². The van der Waals surface area contributed by atoms with Gasteiger partial charge in [-0.2, -0.15) is 0 Å². The molecule has 0 aromatic heterocycles. The Bertz CT molecular complexity index is 320. The number of carboxylic acids is 1. The lowest BCUT2D eigenvalue weighted by molar-refractivity contribution is -0.137. The Morgan fingerprint density at radius 1 is 1.24 bits per heavy atom. The van der Waals surface area contributed by atoms with E-state index in [2.05, 4.69) is 26.1 Å². The molecule has 0 radical (unpaired) electrons. The van der Waals surface area contributed by atoms with Gasteiger partial charge in [0.1, 0.15) is 0 Å². The molecular formula is C16H32N2O3. The standard InChI is InChI=1S/C16H32N2O3/c1-5-12(11-17)10-14(19)18-9-8-13(16(2,3)4)6-7-15(20)21/h12-13H,5-11,17H2,1-4H3,(H,18,19)(H,20,21). The van der Waals surface area contributed by atoms with E-state index in [1.54, 1.807) is 0 Å². The number of amides is 1. The summed E-state index contributed by atoms with van der Waals surface area (Å²) in [5, 5.41) is 11.7. The smallest absolute Gasteiger partial charge is 0.303 e. The van der Waals surface area contributed by atoms with Gasteiger partial charge in [-0.3, -0.25) is 9.59 Å². The summed E-state index contributed by atoms with van der Waals surface area (Å²) >= 11 is 0. The molecule has 0 aromatic rings. The van der Waals surface area contributed by atoms with Gasteiger partial charge >= 0.3 is 5.97 Å². The number of carbonyl (C=O) groups is 2. The van der Waals surface area contributed by atoms with Crippen LogP contribution in [0.1, 0.15) is 59.8 Å². The first-order chi connectivity index (χ1) is 9.70. The third kappa shape index (κ3) is 9.45. The number of aliphatic carboxylic acids is 1. The summed E-state index contributed by atoms with van der Waals surface area (Å²) in [6.45, 7) is 9.51. The summed E-state index contributed by atoms with van der Waals surface area (Å²) in [6, 6.07) is 0. The van der Waals surface area contributed by atoms with Gasteiger partial charge in [-0.05, 0) is 36.6 Å². The minimum Gasteiger partial charge on any atom is -0.481 e. The average molecular weight is 300 g/mol. The molecule has 0 fully saturated rings. The van der Waals surface area contributed by atoms with E-state index in [-0.39, 0.29) is 29.6 Å². The highest BCUT2D eigenvalue weighted by molar-refractivity contribution is 5.76. The lowest BCUT2D eigenvalue weighted by atomic mass is 9.76. The monoisotopic (exact) mass is 300 g/mol. The van der Waals surface area contributed by atoms with E-state index in [1.807, 2.05) is 6.92 Å². The maximum absolute atomic E-state index is 11.8. The summed E-state index contributed by atoms with van der Waals surface area (Å²) in [6.07, 6.45) is 3.02. The van der Waals surface area contributed by atoms with Crippen molar-refractivity contribution in [1.82, 2.24) is 5.32 Å². The largest absolute Gasteiger partial charge is 0.481 e. The molecule has 2 unspecified atom stereocenters. The number of carboxylic acid groups (broad SMARTS) is 1. The Labute approximate surface area is 128 Å². The van der Waals surface area contributed by atoms with Crippen LogP contribution < -0.4 is 11.1 Å². The predicted molar refractivity (Wildman–Crippen MR) is 84.9 cm³/mol. The van der Waals surface area contributed by atoms with Gasteiger partial charge in [0, 0.05) is 19.4 Å². The molecule has 21 heavy (non-hydrogen) atoms. The molecule has 0 saturated heterocycles. The Balaban J connectivity index is 4.18. The zero-order chi connectivity index (χ0) is 16.5. The second kappa shape index (κ2) is 9.77. The first-order valence-corrected chi connectivity index (χ1v) is 7.89. The molecule has 0 heterocycles. The van der Waals surface area contributed by atoms with E-state index in [4.69, 9.17) is 10.8 Å². The van der Waals surface area contributed by atoms with Crippen LogP contribution in [0.4, 0.5) is 0 Å². The topological polar surface area (TPSA) is 92.4 Å². The van der Waals surface area contributed by atoms with Crippen LogP contribution in [0.3, 0.4) is 0 Å². The molecule has 0 spiro atoms. The quantitative estimate of drug-likeness (QED) is 0.577. The van der Waals surface area contributed by atoms with E-state index < -0.39 is 5.97 Å². The van der Waals surface area contributed by atoms with Crippen molar-refractivity contribution in [3.63, 3.8) is 0 Å². The predicted octanol–water partition coefficient (Wildman–Crippen LogP) is 2.39. The van der Waals surface area contributed by atoms with E-state index in [9.17, 15) is 9.59 Å². The molecule has 0 aliphatic heterocycles. The molecule has 1 amide bonds. The highest BCUT2D eigenvalue weighted by Crippen LogP contribution is 2.32. The number of carbonyl (C=O) groups excluding carboxylic acids is 1. The first-order valence-electron chi connectivity index (χ1n) is 7.89. The van der Waals surface area contributed by atoms with Crippen LogP contribution in [0.5, 0.6) is 0 Å². The Morgan fingerprint density at radius 2 is 1.86 bits per heavy atom. The second-order valence-corrected chi connectivity index (χ2v) is 6.85. The van der Waals surface area contributed by atoms with Crippen molar-refractivity contribution in [1.29, 1.82) is 0 Å². The van der Waals surface area contributed by atoms with Crippen LogP contribution >= 0.6 is 0 Å². The van der Waals surface area contributed by atoms with Gasteiger partial charge in [-0.1, -0.05) is 34.1 Å². The summed E-state index contributed by atoms with van der Waals surface area (Å²) in [4.78, 5) is 22.5. The lowest BCUT2D eigenvalue weighted by Gasteiger charge is -2.30. The van der Waals surface area contributed by atoms with Crippen molar-refractivity contribution in [2.75, 3.05) is 13.1 Å². The van der Waals surface area contributed by atoms with Gasteiger partial charge in [0.05, 0.1) is 0 Å². The normalized spacial score (nSPS) is 14.5. The fourth-order valence-electron chi connectivity index (χ4n) is 2.42. The third-order valence-corrected chi connectivity index (χ3v) is 4.13. The van der Waals surface area contributed by atoms with Crippen molar-refractivity contribution in [3.05, 3.63) is 0 Å². The van der Waals surface area contributed by atoms with Gasteiger partial charge < -0.3 is 16.2 Å². The lowest BCUT2D eigenvalue weighted by Crippen LogP contribution is -2.31. The van der Waals surface area contributed by atoms with Crippen LogP contribution in [0.2, 0.25) is 0 Å². The minimum absolute atomic E-state index is 0.0400. The first kappa shape index (κ1) is 19.9. The van der Waals surface area contributed by atoms with Crippen molar-refractivity contribution in [2.24, 2.45) is 23.0 Å². The fraction of sp³-hybridized carbons (Fsp3) is 0.875. The summed E-state index contributed by atoms with van der Waals surface area (Å²) in [7, 11) is 0. The van der Waals surface area contributed by atoms with Gasteiger partial charge in [0.25, 0.3) is 0 Å². The molecule has 0 aliphatic carbocycles. The van der Waals surface area contributed by atoms with Crippen molar-refractivity contribution < 1.29 is 14.7 Å². The summed E-state index contributed by atoms with van der Waals surface area (Å²) < 4.78 is 0. The Morgan fingerprint density at radius 3 is 2.29 bits per heavy atom. The van der Waals surface area contributed by atoms with E-state index in [0.29, 0.717) is 25.9 Å². The van der Waals surface area contributed by atoms with E-state index in [0.717, 1.165) is 12.8 Å². The Hall–Kier alpha value is -1.10. The van der Waals surface area contributed by atoms with Gasteiger partial charge in [-0.15, -0.1) is 0 Å². The molecule has 2 atom stereocenters. The van der Waals surface area contributed by atoms with Crippen molar-refractivity contribution in [3.8, 4) is 0 Å². The molecule has 5 heteroatoms. The zero-order valence-corrected chi connectivity index (χ0v) is 13.9. The SMILES string of the molecule is CCC(CN)CC(=O)NCCC(CCC(=O)O)C(C)(C)C. The van der Waals surface area contributed by atoms with Gasteiger partial charge in [0.2, 0.25) is 5.91 Å². The zero-order valence-electron chi connectivity index (χ0n) is 13.9.